The van der Waals surface area contributed by atoms with Gasteiger partial charge in [-0.1, -0.05) is 41.5 Å². The lowest BCUT2D eigenvalue weighted by molar-refractivity contribution is -0.111. The van der Waals surface area contributed by atoms with Gasteiger partial charge in [0.1, 0.15) is 5.82 Å². The summed E-state index contributed by atoms with van der Waals surface area (Å²) in [6.45, 7) is 10.2. The molecule has 2 aromatic carbocycles. The van der Waals surface area contributed by atoms with E-state index in [9.17, 15) is 4.79 Å². The third kappa shape index (κ3) is 4.40. The Morgan fingerprint density at radius 2 is 1.65 bits per heavy atom. The van der Waals surface area contributed by atoms with E-state index in [4.69, 9.17) is 4.98 Å². The molecule has 0 atom stereocenters. The molecule has 0 fully saturated rings. The number of amides is 1. The summed E-state index contributed by atoms with van der Waals surface area (Å²) in [6.07, 6.45) is 3.33. The van der Waals surface area contributed by atoms with Crippen LogP contribution in [0.5, 0.6) is 0 Å². The zero-order chi connectivity index (χ0) is 22.1. The van der Waals surface area contributed by atoms with Gasteiger partial charge in [0.15, 0.2) is 5.82 Å². The largest absolute Gasteiger partial charge is 0.307 e. The van der Waals surface area contributed by atoms with E-state index in [1.807, 2.05) is 50.2 Å². The number of aromatic nitrogens is 3. The molecule has 0 aliphatic rings. The lowest BCUT2D eigenvalue weighted by Crippen LogP contribution is -2.13. The van der Waals surface area contributed by atoms with E-state index in [1.165, 1.54) is 17.2 Å². The summed E-state index contributed by atoms with van der Waals surface area (Å²) in [5, 5.41) is 8.65. The smallest absolute Gasteiger partial charge is 0.249 e. The number of pyridine rings is 1. The second kappa shape index (κ2) is 8.19. The highest BCUT2D eigenvalue weighted by atomic mass is 16.1. The normalized spacial score (nSPS) is 11.4. The number of anilines is 1. The summed E-state index contributed by atoms with van der Waals surface area (Å²) in [5.74, 6) is 1.06. The zero-order valence-electron chi connectivity index (χ0n) is 18.5. The van der Waals surface area contributed by atoms with Crippen LogP contribution in [0.1, 0.15) is 33.5 Å². The van der Waals surface area contributed by atoms with E-state index in [-0.39, 0.29) is 5.91 Å². The van der Waals surface area contributed by atoms with Gasteiger partial charge in [-0.15, -0.1) is 0 Å². The molecule has 2 heterocycles. The van der Waals surface area contributed by atoms with E-state index in [0.29, 0.717) is 11.6 Å². The predicted molar refractivity (Wildman–Crippen MR) is 127 cm³/mol. The molecular weight excluding hydrogens is 384 g/mol. The molecule has 4 rings (SSSR count). The highest BCUT2D eigenvalue weighted by Gasteiger charge is 2.13. The molecule has 4 aromatic rings. The molecule has 0 saturated heterocycles. The van der Waals surface area contributed by atoms with Crippen LogP contribution in [0.4, 0.5) is 5.82 Å². The van der Waals surface area contributed by atoms with Crippen molar-refractivity contribution in [2.75, 3.05) is 5.32 Å². The second-order valence-corrected chi connectivity index (χ2v) is 8.09. The third-order valence-electron chi connectivity index (χ3n) is 5.25. The Labute approximate surface area is 182 Å². The van der Waals surface area contributed by atoms with Crippen LogP contribution >= 0.6 is 0 Å². The van der Waals surface area contributed by atoms with Gasteiger partial charge in [-0.3, -0.25) is 4.79 Å². The number of nitrogens with zero attached hydrogens (tertiary/aromatic N) is 3. The molecule has 31 heavy (non-hydrogen) atoms. The summed E-state index contributed by atoms with van der Waals surface area (Å²) in [5.41, 5.74) is 7.37. The highest BCUT2D eigenvalue weighted by Crippen LogP contribution is 2.26. The van der Waals surface area contributed by atoms with Crippen LogP contribution in [0.25, 0.3) is 22.8 Å². The van der Waals surface area contributed by atoms with E-state index in [2.05, 4.69) is 43.3 Å². The Morgan fingerprint density at radius 1 is 0.903 bits per heavy atom. The van der Waals surface area contributed by atoms with Crippen LogP contribution in [0, 0.1) is 34.6 Å². The van der Waals surface area contributed by atoms with Gasteiger partial charge in [0.05, 0.1) is 11.2 Å². The van der Waals surface area contributed by atoms with Crippen molar-refractivity contribution in [3.63, 3.8) is 0 Å². The summed E-state index contributed by atoms with van der Waals surface area (Å²) in [7, 11) is 0. The summed E-state index contributed by atoms with van der Waals surface area (Å²) >= 11 is 0. The average molecular weight is 411 g/mol. The molecule has 2 aromatic heterocycles. The Hall–Kier alpha value is -3.73. The molecule has 0 aliphatic heterocycles. The topological polar surface area (TPSA) is 59.8 Å². The summed E-state index contributed by atoms with van der Waals surface area (Å²) in [4.78, 5) is 17.4. The SMILES string of the molecule is Cc1ccc(/C=C/C(=O)Nc2cc(C)nn2-c2cc(C)c3cc(C)cc(C)c3n2)cc1. The molecule has 156 valence electrons. The van der Waals surface area contributed by atoms with Crippen LogP contribution in [0.15, 0.2) is 54.6 Å². The molecule has 5 nitrogen and oxygen atoms in total. The summed E-state index contributed by atoms with van der Waals surface area (Å²) in [6, 6.07) is 16.2. The lowest BCUT2D eigenvalue weighted by atomic mass is 10.0. The standard InChI is InChI=1S/C26H26N4O/c1-16-6-8-21(9-7-16)10-11-25(31)27-24-15-20(5)29-30(24)23-14-18(3)22-13-17(2)12-19(4)26(22)28-23/h6-15H,1-5H3,(H,27,31)/b11-10+. The number of benzene rings is 2. The predicted octanol–water partition coefficient (Wildman–Crippen LogP) is 5.61. The second-order valence-electron chi connectivity index (χ2n) is 8.09. The maximum absolute atomic E-state index is 12.6. The molecule has 0 spiro atoms. The van der Waals surface area contributed by atoms with Crippen LogP contribution in [0.3, 0.4) is 0 Å². The molecular formula is C26H26N4O. The minimum absolute atomic E-state index is 0.217. The third-order valence-corrected chi connectivity index (χ3v) is 5.25. The fraction of sp³-hybridized carbons (Fsp3) is 0.192. The fourth-order valence-corrected chi connectivity index (χ4v) is 3.72. The van der Waals surface area contributed by atoms with E-state index < -0.39 is 0 Å². The maximum atomic E-state index is 12.6. The maximum Gasteiger partial charge on any atom is 0.249 e. The van der Waals surface area contributed by atoms with Gasteiger partial charge < -0.3 is 5.32 Å². The number of carbonyl (C=O) groups is 1. The van der Waals surface area contributed by atoms with Crippen molar-refractivity contribution < 1.29 is 4.79 Å². The molecule has 0 aliphatic carbocycles. The molecule has 1 N–H and O–H groups in total. The number of fused-ring (bicyclic) bond motifs is 1. The molecule has 0 unspecified atom stereocenters. The molecule has 0 radical (unpaired) electrons. The minimum Gasteiger partial charge on any atom is -0.307 e. The first-order valence-electron chi connectivity index (χ1n) is 10.3. The van der Waals surface area contributed by atoms with Crippen molar-refractivity contribution in [2.24, 2.45) is 0 Å². The number of nitrogens with one attached hydrogen (secondary N) is 1. The van der Waals surface area contributed by atoms with E-state index in [0.717, 1.165) is 33.3 Å². The van der Waals surface area contributed by atoms with E-state index >= 15 is 0 Å². The van der Waals surface area contributed by atoms with Crippen molar-refractivity contribution >= 4 is 28.7 Å². The molecule has 0 bridgehead atoms. The van der Waals surface area contributed by atoms with Crippen LogP contribution in [0.2, 0.25) is 0 Å². The summed E-state index contributed by atoms with van der Waals surface area (Å²) < 4.78 is 1.69. The van der Waals surface area contributed by atoms with Gasteiger partial charge in [-0.2, -0.15) is 9.78 Å². The Morgan fingerprint density at radius 3 is 2.39 bits per heavy atom. The van der Waals surface area contributed by atoms with Gasteiger partial charge >= 0.3 is 0 Å². The number of aryl methyl sites for hydroxylation is 5. The first kappa shape index (κ1) is 20.5. The Kier molecular flexibility index (Phi) is 5.42. The van der Waals surface area contributed by atoms with Crippen LogP contribution < -0.4 is 5.32 Å². The Balaban J connectivity index is 1.66. The fourth-order valence-electron chi connectivity index (χ4n) is 3.72. The number of hydrogen-bond acceptors (Lipinski definition) is 3. The van der Waals surface area contributed by atoms with Gasteiger partial charge in [-0.05, 0) is 69.5 Å². The van der Waals surface area contributed by atoms with Crippen LogP contribution in [-0.2, 0) is 4.79 Å². The van der Waals surface area contributed by atoms with Crippen molar-refractivity contribution in [1.29, 1.82) is 0 Å². The molecule has 0 saturated carbocycles. The average Bonchev–Trinajstić information content (AvgIpc) is 3.08. The van der Waals surface area contributed by atoms with Gasteiger partial charge in [-0.25, -0.2) is 4.98 Å². The van der Waals surface area contributed by atoms with Gasteiger partial charge in [0.25, 0.3) is 0 Å². The van der Waals surface area contributed by atoms with E-state index in [1.54, 1.807) is 10.8 Å². The van der Waals surface area contributed by atoms with Crippen molar-refractivity contribution in [3.8, 4) is 5.82 Å². The van der Waals surface area contributed by atoms with Crippen molar-refractivity contribution in [2.45, 2.75) is 34.6 Å². The number of rotatable bonds is 4. The monoisotopic (exact) mass is 410 g/mol. The van der Waals surface area contributed by atoms with Crippen molar-refractivity contribution in [1.82, 2.24) is 14.8 Å². The quantitative estimate of drug-likeness (QED) is 0.445. The first-order valence-corrected chi connectivity index (χ1v) is 10.3. The number of carbonyl (C=O) groups excluding carboxylic acids is 1. The van der Waals surface area contributed by atoms with Crippen molar-refractivity contribution in [3.05, 3.63) is 88.1 Å². The zero-order valence-corrected chi connectivity index (χ0v) is 18.5. The Bertz CT molecular complexity index is 1310. The van der Waals surface area contributed by atoms with Crippen LogP contribution in [-0.4, -0.2) is 20.7 Å². The molecule has 1 amide bonds. The minimum atomic E-state index is -0.217. The number of hydrogen-bond donors (Lipinski definition) is 1. The molecule has 5 heteroatoms. The first-order chi connectivity index (χ1) is 14.8. The highest BCUT2D eigenvalue weighted by molar-refractivity contribution is 6.01. The van der Waals surface area contributed by atoms with Gasteiger partial charge in [0, 0.05) is 17.5 Å². The lowest BCUT2D eigenvalue weighted by Gasteiger charge is -2.12. The van der Waals surface area contributed by atoms with Gasteiger partial charge in [0.2, 0.25) is 5.91 Å².